The van der Waals surface area contributed by atoms with Crippen LogP contribution in [0.5, 0.6) is 0 Å². The Labute approximate surface area is 77.6 Å². The number of hydrogen-bond donors (Lipinski definition) is 0. The minimum atomic E-state index is 0. The number of rotatable bonds is 0. The summed E-state index contributed by atoms with van der Waals surface area (Å²) in [5.41, 5.74) is 5.58. The van der Waals surface area contributed by atoms with Gasteiger partial charge in [0.1, 0.15) is 0 Å². The predicted octanol–water partition coefficient (Wildman–Crippen LogP) is 4.19. The maximum Gasteiger partial charge on any atom is -0.0392 e. The molecule has 0 aliphatic carbocycles. The van der Waals surface area contributed by atoms with Crippen LogP contribution in [0.1, 0.15) is 37.1 Å². The van der Waals surface area contributed by atoms with E-state index in [1.54, 1.807) is 0 Å². The van der Waals surface area contributed by atoms with Crippen molar-refractivity contribution in [3.63, 3.8) is 0 Å². The Balaban J connectivity index is 0. The van der Waals surface area contributed by atoms with Gasteiger partial charge in [0, 0.05) is 0 Å². The van der Waals surface area contributed by atoms with E-state index < -0.39 is 0 Å². The van der Waals surface area contributed by atoms with Crippen LogP contribution >= 0.6 is 0 Å². The van der Waals surface area contributed by atoms with Crippen LogP contribution in [0.2, 0.25) is 0 Å². The van der Waals surface area contributed by atoms with Crippen LogP contribution in [-0.2, 0) is 0 Å². The fourth-order valence-electron chi connectivity index (χ4n) is 1.25. The van der Waals surface area contributed by atoms with Gasteiger partial charge in [0.15, 0.2) is 0 Å². The third-order valence-electron chi connectivity index (χ3n) is 2.07. The molecule has 0 N–H and O–H groups in total. The zero-order valence-electron chi connectivity index (χ0n) is 7.15. The second-order valence-electron chi connectivity index (χ2n) is 3.02. The van der Waals surface area contributed by atoms with Gasteiger partial charge in [-0.2, -0.15) is 0 Å². The third-order valence-corrected chi connectivity index (χ3v) is 2.07. The van der Waals surface area contributed by atoms with Crippen molar-refractivity contribution in [2.24, 2.45) is 0 Å². The molecule has 0 atom stereocenters. The van der Waals surface area contributed by atoms with Crippen LogP contribution in [0.25, 0.3) is 0 Å². The Bertz CT molecular complexity index is 223. The van der Waals surface area contributed by atoms with Gasteiger partial charge >= 0.3 is 0 Å². The molecule has 0 nitrogen and oxygen atoms in total. The SMILES string of the molecule is C.C.Cc1cc(C)c(C)c(C)c1. The lowest BCUT2D eigenvalue weighted by Gasteiger charge is -2.04. The molecule has 0 aliphatic rings. The summed E-state index contributed by atoms with van der Waals surface area (Å²) in [7, 11) is 0. The second-order valence-corrected chi connectivity index (χ2v) is 3.02. The van der Waals surface area contributed by atoms with Gasteiger partial charge in [-0.3, -0.25) is 0 Å². The molecule has 1 aromatic carbocycles. The molecule has 0 bridgehead atoms. The molecule has 1 rings (SSSR count). The molecule has 0 aromatic heterocycles. The molecule has 0 aliphatic heterocycles. The molecule has 1 aromatic rings. The molecule has 0 unspecified atom stereocenters. The quantitative estimate of drug-likeness (QED) is 0.542. The average Bonchev–Trinajstić information content (AvgIpc) is 1.82. The molecule has 0 radical (unpaired) electrons. The Morgan fingerprint density at radius 2 is 1.08 bits per heavy atom. The molecule has 0 spiro atoms. The first-order chi connectivity index (χ1) is 4.61. The lowest BCUT2D eigenvalue weighted by Crippen LogP contribution is -1.86. The predicted molar refractivity (Wildman–Crippen MR) is 58.9 cm³/mol. The molecular weight excluding hydrogens is 144 g/mol. The minimum absolute atomic E-state index is 0. The van der Waals surface area contributed by atoms with Crippen molar-refractivity contribution in [3.05, 3.63) is 34.4 Å². The maximum atomic E-state index is 2.22. The van der Waals surface area contributed by atoms with Crippen molar-refractivity contribution in [2.75, 3.05) is 0 Å². The summed E-state index contributed by atoms with van der Waals surface area (Å²) in [6.45, 7) is 8.63. The molecule has 0 saturated heterocycles. The lowest BCUT2D eigenvalue weighted by molar-refractivity contribution is 1.23. The smallest absolute Gasteiger partial charge is 0.0392 e. The van der Waals surface area contributed by atoms with Gasteiger partial charge < -0.3 is 0 Å². The Morgan fingerprint density at radius 1 is 0.750 bits per heavy atom. The standard InChI is InChI=1S/C10H14.2CH4/c1-7-5-8(2)10(4)9(3)6-7;;/h5-6H,1-4H3;2*1H4. The first-order valence-electron chi connectivity index (χ1n) is 3.65. The van der Waals surface area contributed by atoms with Crippen molar-refractivity contribution in [3.8, 4) is 0 Å². The summed E-state index contributed by atoms with van der Waals surface area (Å²) >= 11 is 0. The summed E-state index contributed by atoms with van der Waals surface area (Å²) in [6.07, 6.45) is 0. The third kappa shape index (κ3) is 2.69. The summed E-state index contributed by atoms with van der Waals surface area (Å²) in [5.74, 6) is 0. The van der Waals surface area contributed by atoms with Crippen molar-refractivity contribution in [1.82, 2.24) is 0 Å². The van der Waals surface area contributed by atoms with Crippen molar-refractivity contribution >= 4 is 0 Å². The molecule has 0 saturated carbocycles. The number of benzene rings is 1. The normalized spacial score (nSPS) is 8.33. The zero-order valence-corrected chi connectivity index (χ0v) is 7.15. The largest absolute Gasteiger partial charge is 0.0776 e. The van der Waals surface area contributed by atoms with Gasteiger partial charge in [0.25, 0.3) is 0 Å². The van der Waals surface area contributed by atoms with E-state index in [4.69, 9.17) is 0 Å². The maximum absolute atomic E-state index is 2.22. The van der Waals surface area contributed by atoms with E-state index in [-0.39, 0.29) is 14.9 Å². The monoisotopic (exact) mass is 166 g/mol. The average molecular weight is 166 g/mol. The molecular formula is C12H22. The van der Waals surface area contributed by atoms with Crippen molar-refractivity contribution < 1.29 is 0 Å². The molecule has 0 heterocycles. The van der Waals surface area contributed by atoms with Crippen LogP contribution in [-0.4, -0.2) is 0 Å². The number of aryl methyl sites for hydroxylation is 3. The van der Waals surface area contributed by atoms with E-state index in [1.807, 2.05) is 0 Å². The van der Waals surface area contributed by atoms with Crippen LogP contribution in [0.15, 0.2) is 12.1 Å². The highest BCUT2D eigenvalue weighted by atomic mass is 14.0. The molecule has 0 heteroatoms. The van der Waals surface area contributed by atoms with E-state index in [2.05, 4.69) is 39.8 Å². The zero-order chi connectivity index (χ0) is 7.72. The van der Waals surface area contributed by atoms with Crippen LogP contribution < -0.4 is 0 Å². The van der Waals surface area contributed by atoms with E-state index in [0.717, 1.165) is 0 Å². The van der Waals surface area contributed by atoms with Gasteiger partial charge in [-0.05, 0) is 44.4 Å². The van der Waals surface area contributed by atoms with E-state index in [9.17, 15) is 0 Å². The first kappa shape index (κ1) is 13.8. The fraction of sp³-hybridized carbons (Fsp3) is 0.500. The van der Waals surface area contributed by atoms with E-state index >= 15 is 0 Å². The molecule has 12 heavy (non-hydrogen) atoms. The van der Waals surface area contributed by atoms with E-state index in [1.165, 1.54) is 22.3 Å². The molecule has 70 valence electrons. The van der Waals surface area contributed by atoms with E-state index in [0.29, 0.717) is 0 Å². The minimum Gasteiger partial charge on any atom is -0.0776 e. The Hall–Kier alpha value is -0.780. The van der Waals surface area contributed by atoms with Crippen molar-refractivity contribution in [1.29, 1.82) is 0 Å². The van der Waals surface area contributed by atoms with Crippen LogP contribution in [0, 0.1) is 27.7 Å². The fourth-order valence-corrected chi connectivity index (χ4v) is 1.25. The van der Waals surface area contributed by atoms with Crippen LogP contribution in [0.4, 0.5) is 0 Å². The summed E-state index contributed by atoms with van der Waals surface area (Å²) < 4.78 is 0. The summed E-state index contributed by atoms with van der Waals surface area (Å²) in [5, 5.41) is 0. The van der Waals surface area contributed by atoms with Crippen LogP contribution in [0.3, 0.4) is 0 Å². The Morgan fingerprint density at radius 3 is 1.42 bits per heavy atom. The topological polar surface area (TPSA) is 0 Å². The summed E-state index contributed by atoms with van der Waals surface area (Å²) in [6, 6.07) is 4.45. The van der Waals surface area contributed by atoms with Gasteiger partial charge in [-0.15, -0.1) is 0 Å². The highest BCUT2D eigenvalue weighted by Gasteiger charge is 1.95. The van der Waals surface area contributed by atoms with Gasteiger partial charge in [0.2, 0.25) is 0 Å². The molecule has 0 amide bonds. The highest BCUT2D eigenvalue weighted by molar-refractivity contribution is 5.35. The second kappa shape index (κ2) is 4.97. The van der Waals surface area contributed by atoms with Crippen molar-refractivity contribution in [2.45, 2.75) is 42.5 Å². The van der Waals surface area contributed by atoms with Gasteiger partial charge in [-0.25, -0.2) is 0 Å². The Kier molecular flexibility index (Phi) is 5.71. The lowest BCUT2D eigenvalue weighted by atomic mass is 10.0. The first-order valence-corrected chi connectivity index (χ1v) is 3.65. The molecule has 0 fully saturated rings. The summed E-state index contributed by atoms with van der Waals surface area (Å²) in [4.78, 5) is 0. The number of hydrogen-bond acceptors (Lipinski definition) is 0. The van der Waals surface area contributed by atoms with Gasteiger partial charge in [0.05, 0.1) is 0 Å². The van der Waals surface area contributed by atoms with Gasteiger partial charge in [-0.1, -0.05) is 32.5 Å². The highest BCUT2D eigenvalue weighted by Crippen LogP contribution is 2.13.